The minimum atomic E-state index is -0.285. The second-order valence-electron chi connectivity index (χ2n) is 4.80. The molecule has 0 radical (unpaired) electrons. The van der Waals surface area contributed by atoms with Crippen LogP contribution in [0, 0.1) is 5.92 Å². The lowest BCUT2D eigenvalue weighted by molar-refractivity contribution is -0.120. The molecular weight excluding hydrogens is 256 g/mol. The maximum absolute atomic E-state index is 12.1. The maximum atomic E-state index is 12.1. The van der Waals surface area contributed by atoms with Crippen LogP contribution >= 0.6 is 0 Å². The van der Waals surface area contributed by atoms with Crippen LogP contribution < -0.4 is 21.3 Å². The number of amides is 3. The highest BCUT2D eigenvalue weighted by Crippen LogP contribution is 2.18. The summed E-state index contributed by atoms with van der Waals surface area (Å²) in [5.41, 5.74) is 1.34. The van der Waals surface area contributed by atoms with Crippen LogP contribution in [0.3, 0.4) is 0 Å². The minimum Gasteiger partial charge on any atom is -0.341 e. The van der Waals surface area contributed by atoms with Crippen molar-refractivity contribution in [2.45, 2.75) is 12.8 Å². The number of carbonyl (C=O) groups excluding carboxylic acids is 2. The third kappa shape index (κ3) is 3.96. The Morgan fingerprint density at radius 1 is 1.15 bits per heavy atom. The summed E-state index contributed by atoms with van der Waals surface area (Å²) in [7, 11) is 1.55. The van der Waals surface area contributed by atoms with Gasteiger partial charge in [-0.2, -0.15) is 0 Å². The quantitative estimate of drug-likeness (QED) is 0.673. The fraction of sp³-hybridized carbons (Fsp3) is 0.429. The average molecular weight is 276 g/mol. The summed E-state index contributed by atoms with van der Waals surface area (Å²) in [5.74, 6) is 0.107. The highest BCUT2D eigenvalue weighted by molar-refractivity contribution is 5.94. The van der Waals surface area contributed by atoms with Gasteiger partial charge in [-0.25, -0.2) is 4.79 Å². The highest BCUT2D eigenvalue weighted by atomic mass is 16.2. The van der Waals surface area contributed by atoms with Crippen molar-refractivity contribution in [3.05, 3.63) is 24.3 Å². The van der Waals surface area contributed by atoms with Gasteiger partial charge in [-0.05, 0) is 44.1 Å². The van der Waals surface area contributed by atoms with E-state index in [0.717, 1.165) is 25.9 Å². The number of hydrogen-bond acceptors (Lipinski definition) is 3. The van der Waals surface area contributed by atoms with Crippen LogP contribution in [0.2, 0.25) is 0 Å². The van der Waals surface area contributed by atoms with Crippen molar-refractivity contribution in [2.75, 3.05) is 30.8 Å². The molecule has 1 aliphatic heterocycles. The molecule has 1 fully saturated rings. The molecule has 0 bridgehead atoms. The fourth-order valence-corrected chi connectivity index (χ4v) is 2.20. The van der Waals surface area contributed by atoms with Gasteiger partial charge in [-0.3, -0.25) is 4.79 Å². The second-order valence-corrected chi connectivity index (χ2v) is 4.80. The standard InChI is InChI=1S/C14H20N4O2/c1-15-14(20)18-12-4-2-3-11(9-12)17-13(19)10-5-7-16-8-6-10/h2-4,9-10,16H,5-8H2,1H3,(H,17,19)(H2,15,18,20). The van der Waals surface area contributed by atoms with Gasteiger partial charge in [0.2, 0.25) is 5.91 Å². The summed E-state index contributed by atoms with van der Waals surface area (Å²) in [4.78, 5) is 23.4. The minimum absolute atomic E-state index is 0.0450. The molecule has 20 heavy (non-hydrogen) atoms. The van der Waals surface area contributed by atoms with Crippen LogP contribution in [-0.2, 0) is 4.79 Å². The summed E-state index contributed by atoms with van der Waals surface area (Å²) >= 11 is 0. The van der Waals surface area contributed by atoms with Crippen LogP contribution in [0.1, 0.15) is 12.8 Å². The van der Waals surface area contributed by atoms with Gasteiger partial charge in [0.25, 0.3) is 0 Å². The number of hydrogen-bond donors (Lipinski definition) is 4. The van der Waals surface area contributed by atoms with E-state index < -0.39 is 0 Å². The number of piperidine rings is 1. The Kier molecular flexibility index (Phi) is 4.95. The number of carbonyl (C=O) groups is 2. The molecule has 6 heteroatoms. The molecule has 0 atom stereocenters. The molecule has 6 nitrogen and oxygen atoms in total. The number of urea groups is 1. The lowest BCUT2D eigenvalue weighted by atomic mass is 9.97. The van der Waals surface area contributed by atoms with Crippen LogP contribution in [0.5, 0.6) is 0 Å². The van der Waals surface area contributed by atoms with E-state index in [4.69, 9.17) is 0 Å². The molecule has 1 saturated heterocycles. The molecule has 1 aromatic rings. The fourth-order valence-electron chi connectivity index (χ4n) is 2.20. The van der Waals surface area contributed by atoms with Crippen LogP contribution in [0.25, 0.3) is 0 Å². The zero-order valence-corrected chi connectivity index (χ0v) is 11.5. The monoisotopic (exact) mass is 276 g/mol. The first-order chi connectivity index (χ1) is 9.69. The van der Waals surface area contributed by atoms with E-state index in [1.807, 2.05) is 6.07 Å². The molecule has 0 spiro atoms. The van der Waals surface area contributed by atoms with Gasteiger partial charge in [-0.15, -0.1) is 0 Å². The summed E-state index contributed by atoms with van der Waals surface area (Å²) in [6.45, 7) is 1.77. The van der Waals surface area contributed by atoms with Gasteiger partial charge in [0.1, 0.15) is 0 Å². The Morgan fingerprint density at radius 3 is 2.45 bits per heavy atom. The van der Waals surface area contributed by atoms with Gasteiger partial charge in [0.15, 0.2) is 0 Å². The van der Waals surface area contributed by atoms with Crippen molar-refractivity contribution >= 4 is 23.3 Å². The van der Waals surface area contributed by atoms with E-state index in [0.29, 0.717) is 11.4 Å². The van der Waals surface area contributed by atoms with Gasteiger partial charge < -0.3 is 21.3 Å². The normalized spacial score (nSPS) is 15.4. The van der Waals surface area contributed by atoms with Gasteiger partial charge in [0.05, 0.1) is 0 Å². The molecule has 1 aromatic carbocycles. The van der Waals surface area contributed by atoms with Crippen molar-refractivity contribution in [3.8, 4) is 0 Å². The van der Waals surface area contributed by atoms with Gasteiger partial charge in [-0.1, -0.05) is 6.07 Å². The first kappa shape index (κ1) is 14.3. The summed E-state index contributed by atoms with van der Waals surface area (Å²) in [5, 5.41) is 11.3. The number of anilines is 2. The van der Waals surface area contributed by atoms with E-state index in [2.05, 4.69) is 21.3 Å². The molecule has 3 amide bonds. The van der Waals surface area contributed by atoms with E-state index in [1.54, 1.807) is 25.2 Å². The van der Waals surface area contributed by atoms with E-state index in [1.165, 1.54) is 0 Å². The zero-order chi connectivity index (χ0) is 14.4. The molecule has 2 rings (SSSR count). The Morgan fingerprint density at radius 2 is 1.80 bits per heavy atom. The van der Waals surface area contributed by atoms with Crippen molar-refractivity contribution in [1.82, 2.24) is 10.6 Å². The molecule has 1 heterocycles. The predicted octanol–water partition coefficient (Wildman–Crippen LogP) is 1.38. The SMILES string of the molecule is CNC(=O)Nc1cccc(NC(=O)C2CCNCC2)c1. The molecule has 0 unspecified atom stereocenters. The lowest BCUT2D eigenvalue weighted by Gasteiger charge is -2.21. The molecule has 1 aliphatic rings. The summed E-state index contributed by atoms with van der Waals surface area (Å²) < 4.78 is 0. The smallest absolute Gasteiger partial charge is 0.318 e. The summed E-state index contributed by atoms with van der Waals surface area (Å²) in [6.07, 6.45) is 1.73. The van der Waals surface area contributed by atoms with Crippen molar-refractivity contribution in [2.24, 2.45) is 5.92 Å². The van der Waals surface area contributed by atoms with E-state index in [-0.39, 0.29) is 17.9 Å². The lowest BCUT2D eigenvalue weighted by Crippen LogP contribution is -2.34. The van der Waals surface area contributed by atoms with Crippen LogP contribution in [0.15, 0.2) is 24.3 Å². The molecule has 108 valence electrons. The number of nitrogens with one attached hydrogen (secondary N) is 4. The van der Waals surface area contributed by atoms with Crippen LogP contribution in [-0.4, -0.2) is 32.1 Å². The van der Waals surface area contributed by atoms with Crippen molar-refractivity contribution in [3.63, 3.8) is 0 Å². The molecule has 0 aliphatic carbocycles. The molecule has 4 N–H and O–H groups in total. The molecule has 0 aromatic heterocycles. The Balaban J connectivity index is 1.96. The Bertz CT molecular complexity index is 484. The third-order valence-corrected chi connectivity index (χ3v) is 3.32. The first-order valence-corrected chi connectivity index (χ1v) is 6.79. The van der Waals surface area contributed by atoms with Crippen molar-refractivity contribution in [1.29, 1.82) is 0 Å². The second kappa shape index (κ2) is 6.91. The third-order valence-electron chi connectivity index (χ3n) is 3.32. The summed E-state index contributed by atoms with van der Waals surface area (Å²) in [6, 6.07) is 6.84. The molecule has 0 saturated carbocycles. The van der Waals surface area contributed by atoms with Crippen LogP contribution in [0.4, 0.5) is 16.2 Å². The highest BCUT2D eigenvalue weighted by Gasteiger charge is 2.20. The largest absolute Gasteiger partial charge is 0.341 e. The Labute approximate surface area is 118 Å². The maximum Gasteiger partial charge on any atom is 0.318 e. The van der Waals surface area contributed by atoms with E-state index >= 15 is 0 Å². The van der Waals surface area contributed by atoms with Gasteiger partial charge >= 0.3 is 6.03 Å². The Hall–Kier alpha value is -2.08. The number of benzene rings is 1. The van der Waals surface area contributed by atoms with E-state index in [9.17, 15) is 9.59 Å². The number of rotatable bonds is 3. The first-order valence-electron chi connectivity index (χ1n) is 6.79. The zero-order valence-electron chi connectivity index (χ0n) is 11.5. The van der Waals surface area contributed by atoms with Crippen molar-refractivity contribution < 1.29 is 9.59 Å². The topological polar surface area (TPSA) is 82.3 Å². The average Bonchev–Trinajstić information content (AvgIpc) is 2.48. The van der Waals surface area contributed by atoms with Gasteiger partial charge in [0, 0.05) is 24.3 Å². The predicted molar refractivity (Wildman–Crippen MR) is 78.7 cm³/mol. The molecular formula is C14H20N4O2.